The number of nitrogens with zero attached hydrogens (tertiary/aromatic N) is 4. The Morgan fingerprint density at radius 2 is 1.54 bits per heavy atom. The first kappa shape index (κ1) is 32.6. The van der Waals surface area contributed by atoms with Crippen molar-refractivity contribution in [2.24, 2.45) is 0 Å². The molecule has 5 nitrogen and oxygen atoms in total. The van der Waals surface area contributed by atoms with Gasteiger partial charge >= 0.3 is 0 Å². The Bertz CT molecular complexity index is 1440. The second kappa shape index (κ2) is 18.8. The molecule has 0 radical (unpaired) electrons. The van der Waals surface area contributed by atoms with Gasteiger partial charge < -0.3 is 4.57 Å². The van der Waals surface area contributed by atoms with E-state index in [0.29, 0.717) is 12.0 Å². The summed E-state index contributed by atoms with van der Waals surface area (Å²) in [5.74, 6) is 6.36. The summed E-state index contributed by atoms with van der Waals surface area (Å²) < 4.78 is 3.86. The van der Waals surface area contributed by atoms with E-state index in [1.165, 1.54) is 0 Å². The number of benzene rings is 2. The number of carbonyl (C=O) groups is 1. The standard InChI is InChI=1S/C26H18N4O.4C2H6/c31-25(17-21-6-4-8-23(16-21)29-14-12-27-19-29)22-7-3-5-20(15-22)10-11-24-18-28-26-9-1-2-13-30(24)26;4*1-2/h1-9,12-16,18-19H,17H2;4*1-2H3. The van der Waals surface area contributed by atoms with Crippen molar-refractivity contribution < 1.29 is 4.79 Å². The van der Waals surface area contributed by atoms with E-state index in [-0.39, 0.29) is 5.78 Å². The van der Waals surface area contributed by atoms with E-state index in [1.807, 2.05) is 143 Å². The molecule has 0 aliphatic heterocycles. The highest BCUT2D eigenvalue weighted by Gasteiger charge is 2.09. The Balaban J connectivity index is 0.000000874. The highest BCUT2D eigenvalue weighted by Crippen LogP contribution is 2.14. The molecule has 0 aliphatic rings. The maximum absolute atomic E-state index is 12.9. The first-order chi connectivity index (χ1) is 19.3. The smallest absolute Gasteiger partial charge is 0.167 e. The molecule has 0 unspecified atom stereocenters. The Hall–Kier alpha value is -4.43. The van der Waals surface area contributed by atoms with Crippen LogP contribution in [0.5, 0.6) is 0 Å². The molecule has 5 heteroatoms. The molecule has 39 heavy (non-hydrogen) atoms. The van der Waals surface area contributed by atoms with Gasteiger partial charge in [0.25, 0.3) is 0 Å². The maximum atomic E-state index is 12.9. The number of carbonyl (C=O) groups excluding carboxylic acids is 1. The molecule has 3 aromatic heterocycles. The van der Waals surface area contributed by atoms with Crippen molar-refractivity contribution in [3.63, 3.8) is 0 Å². The summed E-state index contributed by atoms with van der Waals surface area (Å²) in [4.78, 5) is 21.3. The lowest BCUT2D eigenvalue weighted by Gasteiger charge is -2.06. The fraction of sp³-hybridized carbons (Fsp3) is 0.265. The number of ketones is 1. The third kappa shape index (κ3) is 9.43. The van der Waals surface area contributed by atoms with Crippen molar-refractivity contribution in [3.05, 3.63) is 120 Å². The summed E-state index contributed by atoms with van der Waals surface area (Å²) in [5, 5.41) is 0. The predicted octanol–water partition coefficient (Wildman–Crippen LogP) is 8.45. The first-order valence-electron chi connectivity index (χ1n) is 13.9. The van der Waals surface area contributed by atoms with Gasteiger partial charge in [0, 0.05) is 41.8 Å². The lowest BCUT2D eigenvalue weighted by Crippen LogP contribution is -2.04. The Morgan fingerprint density at radius 1 is 0.795 bits per heavy atom. The number of Topliss-reactive ketones (excluding diaryl/α,β-unsaturated/α-hetero) is 1. The molecular formula is C34H42N4O. The summed E-state index contributed by atoms with van der Waals surface area (Å²) in [5.41, 5.74) is 5.05. The zero-order valence-corrected chi connectivity index (χ0v) is 24.6. The second-order valence-electron chi connectivity index (χ2n) is 7.14. The van der Waals surface area contributed by atoms with Gasteiger partial charge in [-0.1, -0.05) is 91.6 Å². The van der Waals surface area contributed by atoms with Crippen LogP contribution in [-0.4, -0.2) is 24.7 Å². The highest BCUT2D eigenvalue weighted by molar-refractivity contribution is 5.97. The predicted molar refractivity (Wildman–Crippen MR) is 165 cm³/mol. The third-order valence-electron chi connectivity index (χ3n) is 5.01. The van der Waals surface area contributed by atoms with Crippen LogP contribution in [0.15, 0.2) is 97.8 Å². The van der Waals surface area contributed by atoms with E-state index < -0.39 is 0 Å². The van der Waals surface area contributed by atoms with Crippen LogP contribution in [0, 0.1) is 11.8 Å². The SMILES string of the molecule is CC.CC.CC.CC.O=C(Cc1cccc(-n2ccnc2)c1)c1cccc(C#Cc2cnc3ccccn23)c1. The summed E-state index contributed by atoms with van der Waals surface area (Å²) in [7, 11) is 0. The molecule has 0 N–H and O–H groups in total. The molecule has 5 rings (SSSR count). The molecule has 0 atom stereocenters. The van der Waals surface area contributed by atoms with E-state index in [1.54, 1.807) is 18.7 Å². The molecule has 0 spiro atoms. The van der Waals surface area contributed by atoms with Crippen LogP contribution in [0.25, 0.3) is 11.3 Å². The van der Waals surface area contributed by atoms with Crippen molar-refractivity contribution >= 4 is 11.4 Å². The van der Waals surface area contributed by atoms with Crippen LogP contribution in [0.3, 0.4) is 0 Å². The van der Waals surface area contributed by atoms with Gasteiger partial charge in [-0.15, -0.1) is 0 Å². The fourth-order valence-electron chi connectivity index (χ4n) is 3.46. The number of hydrogen-bond donors (Lipinski definition) is 0. The molecule has 0 aliphatic carbocycles. The second-order valence-corrected chi connectivity index (χ2v) is 7.14. The first-order valence-corrected chi connectivity index (χ1v) is 13.9. The Labute approximate surface area is 234 Å². The van der Waals surface area contributed by atoms with E-state index in [9.17, 15) is 4.79 Å². The molecule has 0 fully saturated rings. The van der Waals surface area contributed by atoms with Crippen molar-refractivity contribution in [1.82, 2.24) is 18.9 Å². The molecular weight excluding hydrogens is 480 g/mol. The number of rotatable bonds is 4. The number of imidazole rings is 2. The van der Waals surface area contributed by atoms with E-state index in [4.69, 9.17) is 0 Å². The van der Waals surface area contributed by atoms with Gasteiger partial charge in [0.2, 0.25) is 0 Å². The van der Waals surface area contributed by atoms with E-state index in [2.05, 4.69) is 21.8 Å². The van der Waals surface area contributed by atoms with Gasteiger partial charge in [0.05, 0.1) is 12.5 Å². The van der Waals surface area contributed by atoms with E-state index in [0.717, 1.165) is 28.2 Å². The normalized spacial score (nSPS) is 9.03. The van der Waals surface area contributed by atoms with Crippen molar-refractivity contribution in [2.45, 2.75) is 61.8 Å². The highest BCUT2D eigenvalue weighted by atomic mass is 16.1. The van der Waals surface area contributed by atoms with Crippen LogP contribution in [0.2, 0.25) is 0 Å². The van der Waals surface area contributed by atoms with Gasteiger partial charge in [-0.05, 0) is 47.9 Å². The van der Waals surface area contributed by atoms with Crippen LogP contribution in [-0.2, 0) is 6.42 Å². The molecule has 2 aromatic carbocycles. The average molecular weight is 523 g/mol. The van der Waals surface area contributed by atoms with Crippen molar-refractivity contribution in [1.29, 1.82) is 0 Å². The van der Waals surface area contributed by atoms with Crippen LogP contribution >= 0.6 is 0 Å². The van der Waals surface area contributed by atoms with Crippen LogP contribution < -0.4 is 0 Å². The average Bonchev–Trinajstić information content (AvgIpc) is 3.71. The minimum absolute atomic E-state index is 0.0567. The summed E-state index contributed by atoms with van der Waals surface area (Å²) in [6, 6.07) is 21.2. The van der Waals surface area contributed by atoms with Crippen molar-refractivity contribution in [2.75, 3.05) is 0 Å². The molecule has 3 heterocycles. The summed E-state index contributed by atoms with van der Waals surface area (Å²) in [6.45, 7) is 16.0. The van der Waals surface area contributed by atoms with E-state index >= 15 is 0 Å². The van der Waals surface area contributed by atoms with Gasteiger partial charge in [0.15, 0.2) is 5.78 Å². The quantitative estimate of drug-likeness (QED) is 0.176. The number of hydrogen-bond acceptors (Lipinski definition) is 3. The summed E-state index contributed by atoms with van der Waals surface area (Å²) in [6.07, 6.45) is 9.37. The van der Waals surface area contributed by atoms with Gasteiger partial charge in [0.1, 0.15) is 11.3 Å². The Morgan fingerprint density at radius 3 is 2.26 bits per heavy atom. The minimum Gasteiger partial charge on any atom is -0.306 e. The number of fused-ring (bicyclic) bond motifs is 1. The monoisotopic (exact) mass is 522 g/mol. The maximum Gasteiger partial charge on any atom is 0.167 e. The third-order valence-corrected chi connectivity index (χ3v) is 5.01. The lowest BCUT2D eigenvalue weighted by molar-refractivity contribution is 0.0993. The molecule has 0 amide bonds. The van der Waals surface area contributed by atoms with Crippen LogP contribution in [0.4, 0.5) is 0 Å². The molecule has 5 aromatic rings. The number of pyridine rings is 1. The van der Waals surface area contributed by atoms with Gasteiger partial charge in [-0.3, -0.25) is 9.20 Å². The van der Waals surface area contributed by atoms with Gasteiger partial charge in [-0.2, -0.15) is 0 Å². The largest absolute Gasteiger partial charge is 0.306 e. The number of aromatic nitrogens is 4. The fourth-order valence-corrected chi connectivity index (χ4v) is 3.46. The molecule has 0 bridgehead atoms. The zero-order chi connectivity index (χ0) is 29.0. The molecule has 204 valence electrons. The summed E-state index contributed by atoms with van der Waals surface area (Å²) >= 11 is 0. The van der Waals surface area contributed by atoms with Crippen molar-refractivity contribution in [3.8, 4) is 17.5 Å². The molecule has 0 saturated carbocycles. The Kier molecular flexibility index (Phi) is 15.7. The zero-order valence-electron chi connectivity index (χ0n) is 24.6. The topological polar surface area (TPSA) is 52.2 Å². The lowest BCUT2D eigenvalue weighted by atomic mass is 10.0. The minimum atomic E-state index is 0.0567. The molecule has 0 saturated heterocycles. The van der Waals surface area contributed by atoms with Gasteiger partial charge in [-0.25, -0.2) is 9.97 Å². The van der Waals surface area contributed by atoms with Crippen LogP contribution in [0.1, 0.15) is 82.6 Å².